The van der Waals surface area contributed by atoms with Crippen molar-refractivity contribution in [3.05, 3.63) is 47.6 Å². The molecule has 0 amide bonds. The average Bonchev–Trinajstić information content (AvgIpc) is 2.44. The summed E-state index contributed by atoms with van der Waals surface area (Å²) >= 11 is 0. The Balaban J connectivity index is 4.31. The molecule has 0 atom stereocenters. The lowest BCUT2D eigenvalue weighted by Crippen LogP contribution is -1.86. The highest BCUT2D eigenvalue weighted by molar-refractivity contribution is 5.92. The molecule has 106 valence electrons. The van der Waals surface area contributed by atoms with Crippen LogP contribution in [-0.2, 0) is 0 Å². The van der Waals surface area contributed by atoms with Gasteiger partial charge >= 0.3 is 0 Å². The van der Waals surface area contributed by atoms with Crippen molar-refractivity contribution in [2.45, 2.75) is 53.4 Å². The van der Waals surface area contributed by atoms with Crippen LogP contribution in [0.2, 0.25) is 0 Å². The quantitative estimate of drug-likeness (QED) is 0.303. The predicted octanol–water partition coefficient (Wildman–Crippen LogP) is 5.66. The van der Waals surface area contributed by atoms with E-state index in [0.717, 1.165) is 12.1 Å². The topological polar surface area (TPSA) is 12.4 Å². The van der Waals surface area contributed by atoms with E-state index >= 15 is 0 Å². The van der Waals surface area contributed by atoms with Crippen LogP contribution in [0.15, 0.2) is 52.6 Å². The van der Waals surface area contributed by atoms with Gasteiger partial charge in [-0.3, -0.25) is 4.99 Å². The average molecular weight is 259 g/mol. The lowest BCUT2D eigenvalue weighted by atomic mass is 10.0. The molecule has 0 aliphatic rings. The summed E-state index contributed by atoms with van der Waals surface area (Å²) in [4.78, 5) is 4.09. The molecule has 0 saturated carbocycles. The minimum absolute atomic E-state index is 1.05. The molecule has 0 aliphatic heterocycles. The molecule has 0 bridgehead atoms. The number of aliphatic imine (C=N–C) groups is 1. The molecule has 0 heterocycles. The van der Waals surface area contributed by atoms with Crippen LogP contribution in [0.4, 0.5) is 0 Å². The normalized spacial score (nSPS) is 14.9. The molecule has 0 saturated heterocycles. The van der Waals surface area contributed by atoms with Crippen LogP contribution in [0.3, 0.4) is 0 Å². The molecule has 0 rings (SSSR count). The molecule has 0 radical (unpaired) electrons. The van der Waals surface area contributed by atoms with E-state index in [0.29, 0.717) is 0 Å². The maximum absolute atomic E-state index is 4.09. The van der Waals surface area contributed by atoms with Gasteiger partial charge in [-0.25, -0.2) is 0 Å². The number of hydrogen-bond acceptors (Lipinski definition) is 1. The van der Waals surface area contributed by atoms with E-state index in [2.05, 4.69) is 56.1 Å². The summed E-state index contributed by atoms with van der Waals surface area (Å²) in [7, 11) is 1.81. The van der Waals surface area contributed by atoms with Gasteiger partial charge in [0.1, 0.15) is 0 Å². The fourth-order valence-corrected chi connectivity index (χ4v) is 1.81. The first-order valence-electron chi connectivity index (χ1n) is 7.25. The van der Waals surface area contributed by atoms with Crippen LogP contribution in [0.1, 0.15) is 53.4 Å². The fourth-order valence-electron chi connectivity index (χ4n) is 1.81. The van der Waals surface area contributed by atoms with E-state index < -0.39 is 0 Å². The van der Waals surface area contributed by atoms with Crippen LogP contribution < -0.4 is 0 Å². The van der Waals surface area contributed by atoms with Crippen molar-refractivity contribution in [3.8, 4) is 0 Å². The van der Waals surface area contributed by atoms with Gasteiger partial charge in [-0.1, -0.05) is 54.9 Å². The van der Waals surface area contributed by atoms with E-state index in [9.17, 15) is 0 Å². The minimum Gasteiger partial charge on any atom is -0.293 e. The molecule has 0 spiro atoms. The molecule has 1 nitrogen and oxygen atoms in total. The Kier molecular flexibility index (Phi) is 10.9. The van der Waals surface area contributed by atoms with Crippen LogP contribution >= 0.6 is 0 Å². The van der Waals surface area contributed by atoms with Crippen LogP contribution in [0.5, 0.6) is 0 Å². The lowest BCUT2D eigenvalue weighted by molar-refractivity contribution is 0.816. The van der Waals surface area contributed by atoms with Crippen molar-refractivity contribution in [3.63, 3.8) is 0 Å². The van der Waals surface area contributed by atoms with Gasteiger partial charge in [-0.15, -0.1) is 0 Å². The third-order valence-electron chi connectivity index (χ3n) is 3.20. The molecule has 0 aromatic rings. The van der Waals surface area contributed by atoms with Crippen LogP contribution in [-0.4, -0.2) is 12.8 Å². The van der Waals surface area contributed by atoms with Gasteiger partial charge in [0.05, 0.1) is 0 Å². The highest BCUT2D eigenvalue weighted by atomic mass is 14.7. The highest BCUT2D eigenvalue weighted by Gasteiger charge is 1.97. The smallest absolute Gasteiger partial charge is 0.0313 e. The third kappa shape index (κ3) is 9.24. The zero-order chi connectivity index (χ0) is 14.5. The summed E-state index contributed by atoms with van der Waals surface area (Å²) < 4.78 is 0. The number of nitrogens with zero attached hydrogens (tertiary/aromatic N) is 1. The van der Waals surface area contributed by atoms with Crippen molar-refractivity contribution < 1.29 is 0 Å². The van der Waals surface area contributed by atoms with Gasteiger partial charge in [0, 0.05) is 12.8 Å². The van der Waals surface area contributed by atoms with Crippen molar-refractivity contribution in [1.82, 2.24) is 0 Å². The van der Waals surface area contributed by atoms with Crippen molar-refractivity contribution >= 4 is 5.71 Å². The maximum atomic E-state index is 4.09. The second kappa shape index (κ2) is 11.7. The predicted molar refractivity (Wildman–Crippen MR) is 89.0 cm³/mol. The molecular formula is C18H29N. The Labute approximate surface area is 119 Å². The van der Waals surface area contributed by atoms with E-state index in [4.69, 9.17) is 0 Å². The fraction of sp³-hybridized carbons (Fsp3) is 0.500. The maximum Gasteiger partial charge on any atom is 0.0313 e. The molecule has 0 unspecified atom stereocenters. The van der Waals surface area contributed by atoms with Gasteiger partial charge < -0.3 is 0 Å². The first-order chi connectivity index (χ1) is 9.17. The zero-order valence-corrected chi connectivity index (χ0v) is 13.2. The second-order valence-corrected chi connectivity index (χ2v) is 4.64. The summed E-state index contributed by atoms with van der Waals surface area (Å²) in [5.74, 6) is 0. The monoisotopic (exact) mass is 259 g/mol. The molecule has 1 heteroatoms. The Morgan fingerprint density at radius 1 is 0.947 bits per heavy atom. The largest absolute Gasteiger partial charge is 0.293 e. The molecule has 0 aliphatic carbocycles. The minimum atomic E-state index is 1.05. The Hall–Kier alpha value is -1.37. The van der Waals surface area contributed by atoms with Crippen LogP contribution in [0, 0.1) is 0 Å². The van der Waals surface area contributed by atoms with E-state index in [-0.39, 0.29) is 0 Å². The highest BCUT2D eigenvalue weighted by Crippen LogP contribution is 2.16. The van der Waals surface area contributed by atoms with E-state index in [1.165, 1.54) is 24.8 Å². The van der Waals surface area contributed by atoms with Gasteiger partial charge in [-0.05, 0) is 46.1 Å². The SMILES string of the molecule is CC=C(/C=C/C=C\C(C)=NC)CC/C(=C\C)CCC. The summed E-state index contributed by atoms with van der Waals surface area (Å²) in [6.07, 6.45) is 17.6. The molecule has 0 aromatic heterocycles. The van der Waals surface area contributed by atoms with Gasteiger partial charge in [0.15, 0.2) is 0 Å². The van der Waals surface area contributed by atoms with Crippen molar-refractivity contribution in [1.29, 1.82) is 0 Å². The van der Waals surface area contributed by atoms with Gasteiger partial charge in [-0.2, -0.15) is 0 Å². The lowest BCUT2D eigenvalue weighted by Gasteiger charge is -2.06. The standard InChI is InChI=1S/C18H29N/c1-6-11-17(7-2)14-15-18(8-3)13-10-9-12-16(4)19-5/h7-10,12-13H,6,11,14-15H2,1-5H3/b12-9-,13-10+,17-7-,18-8?,19-16?. The van der Waals surface area contributed by atoms with Crippen molar-refractivity contribution in [2.75, 3.05) is 7.05 Å². The summed E-state index contributed by atoms with van der Waals surface area (Å²) in [5, 5.41) is 0. The van der Waals surface area contributed by atoms with Crippen molar-refractivity contribution in [2.24, 2.45) is 4.99 Å². The molecule has 0 N–H and O–H groups in total. The Bertz CT molecular complexity index is 378. The number of hydrogen-bond donors (Lipinski definition) is 0. The van der Waals surface area contributed by atoms with E-state index in [1.54, 1.807) is 5.57 Å². The summed E-state index contributed by atoms with van der Waals surface area (Å²) in [6.45, 7) is 8.50. The first kappa shape index (κ1) is 17.6. The molecule has 19 heavy (non-hydrogen) atoms. The third-order valence-corrected chi connectivity index (χ3v) is 3.20. The van der Waals surface area contributed by atoms with Gasteiger partial charge in [0.25, 0.3) is 0 Å². The Morgan fingerprint density at radius 3 is 2.16 bits per heavy atom. The zero-order valence-electron chi connectivity index (χ0n) is 13.2. The first-order valence-corrected chi connectivity index (χ1v) is 7.25. The van der Waals surface area contributed by atoms with Gasteiger partial charge in [0.2, 0.25) is 0 Å². The Morgan fingerprint density at radius 2 is 1.63 bits per heavy atom. The molecule has 0 fully saturated rings. The molecular weight excluding hydrogens is 230 g/mol. The van der Waals surface area contributed by atoms with Crippen LogP contribution in [0.25, 0.3) is 0 Å². The summed E-state index contributed by atoms with van der Waals surface area (Å²) in [5.41, 5.74) is 4.01. The summed E-state index contributed by atoms with van der Waals surface area (Å²) in [6, 6.07) is 0. The number of rotatable bonds is 8. The molecule has 0 aromatic carbocycles. The van der Waals surface area contributed by atoms with E-state index in [1.807, 2.05) is 20.0 Å². The second-order valence-electron chi connectivity index (χ2n) is 4.64. The number of allylic oxidation sites excluding steroid dienone is 8.